The number of carbonyl (C=O) groups excluding carboxylic acids is 2. The van der Waals surface area contributed by atoms with E-state index in [1.807, 2.05) is 0 Å². The summed E-state index contributed by atoms with van der Waals surface area (Å²) in [6.45, 7) is 0.184. The van der Waals surface area contributed by atoms with Crippen LogP contribution in [0.25, 0.3) is 0 Å². The minimum atomic E-state index is -1.46. The van der Waals surface area contributed by atoms with Gasteiger partial charge in [0.2, 0.25) is 11.8 Å². The molecule has 0 aromatic heterocycles. The average Bonchev–Trinajstić information content (AvgIpc) is 2.69. The Balaban J connectivity index is 4.59. The Morgan fingerprint density at radius 3 is 1.58 bits per heavy atom. The summed E-state index contributed by atoms with van der Waals surface area (Å²) >= 11 is 0. The normalized spacial score (nSPS) is 12.5. The number of carbonyl (C=O) groups is 5. The Bertz CT molecular complexity index is 595. The van der Waals surface area contributed by atoms with Gasteiger partial charge in [-0.25, -0.2) is 4.79 Å². The quantitative estimate of drug-likeness (QED) is 0.156. The van der Waals surface area contributed by atoms with Gasteiger partial charge in [0.15, 0.2) is 0 Å². The second-order valence-electron chi connectivity index (χ2n) is 7.33. The van der Waals surface area contributed by atoms with Crippen LogP contribution in [0.5, 0.6) is 0 Å². The number of carboxylic acids is 3. The molecule has 0 saturated heterocycles. The Kier molecular flexibility index (Phi) is 15.6. The van der Waals surface area contributed by atoms with Crippen LogP contribution >= 0.6 is 0 Å². The fraction of sp³-hybridized carbons (Fsp3) is 0.750. The number of carboxylic acid groups (broad SMARTS) is 3. The lowest BCUT2D eigenvalue weighted by atomic mass is 10.1. The molecule has 11 heteroatoms. The van der Waals surface area contributed by atoms with Crippen molar-refractivity contribution in [3.63, 3.8) is 0 Å². The molecule has 31 heavy (non-hydrogen) atoms. The van der Waals surface area contributed by atoms with Crippen molar-refractivity contribution < 1.29 is 44.4 Å². The number of hydrogen-bond donors (Lipinski definition) is 6. The molecular weight excluding hydrogens is 412 g/mol. The summed E-state index contributed by atoms with van der Waals surface area (Å²) in [4.78, 5) is 57.3. The molecule has 178 valence electrons. The van der Waals surface area contributed by atoms with Crippen molar-refractivity contribution in [1.82, 2.24) is 10.6 Å². The molecule has 0 heterocycles. The van der Waals surface area contributed by atoms with Crippen LogP contribution in [0, 0.1) is 0 Å². The van der Waals surface area contributed by atoms with Crippen LogP contribution in [0.2, 0.25) is 0 Å². The maximum Gasteiger partial charge on any atom is 0.326 e. The molecule has 0 unspecified atom stereocenters. The smallest absolute Gasteiger partial charge is 0.326 e. The summed E-state index contributed by atoms with van der Waals surface area (Å²) in [6.07, 6.45) is 4.81. The third-order valence-corrected chi connectivity index (χ3v) is 4.62. The van der Waals surface area contributed by atoms with Gasteiger partial charge < -0.3 is 31.1 Å². The van der Waals surface area contributed by atoms with E-state index in [0.29, 0.717) is 6.42 Å². The van der Waals surface area contributed by atoms with E-state index >= 15 is 0 Å². The topological polar surface area (TPSA) is 190 Å². The molecule has 0 saturated carbocycles. The first-order valence-corrected chi connectivity index (χ1v) is 10.5. The lowest BCUT2D eigenvalue weighted by Gasteiger charge is -2.21. The molecule has 0 aliphatic heterocycles. The molecule has 2 atom stereocenters. The van der Waals surface area contributed by atoms with Crippen molar-refractivity contribution in [2.45, 2.75) is 89.1 Å². The Hall–Kier alpha value is -2.69. The zero-order chi connectivity index (χ0) is 23.6. The first-order chi connectivity index (χ1) is 14.7. The van der Waals surface area contributed by atoms with E-state index in [1.54, 1.807) is 0 Å². The number of unbranched alkanes of at least 4 members (excludes halogenated alkanes) is 6. The molecule has 0 aromatic rings. The average molecular weight is 446 g/mol. The van der Waals surface area contributed by atoms with Crippen LogP contribution in [0.4, 0.5) is 0 Å². The number of aliphatic hydroxyl groups is 1. The zero-order valence-electron chi connectivity index (χ0n) is 17.7. The van der Waals surface area contributed by atoms with E-state index in [-0.39, 0.29) is 25.9 Å². The molecule has 0 radical (unpaired) electrons. The molecule has 6 N–H and O–H groups in total. The van der Waals surface area contributed by atoms with E-state index < -0.39 is 54.6 Å². The minimum Gasteiger partial charge on any atom is -0.481 e. The maximum absolute atomic E-state index is 12.4. The van der Waals surface area contributed by atoms with Gasteiger partial charge in [-0.15, -0.1) is 0 Å². The van der Waals surface area contributed by atoms with Crippen LogP contribution in [0.15, 0.2) is 0 Å². The van der Waals surface area contributed by atoms with Gasteiger partial charge in [-0.2, -0.15) is 0 Å². The summed E-state index contributed by atoms with van der Waals surface area (Å²) in [5.41, 5.74) is 0. The van der Waals surface area contributed by atoms with Crippen molar-refractivity contribution in [3.8, 4) is 0 Å². The summed E-state index contributed by atoms with van der Waals surface area (Å²) in [5.74, 6) is -5.12. The Morgan fingerprint density at radius 1 is 0.613 bits per heavy atom. The number of rotatable bonds is 19. The van der Waals surface area contributed by atoms with Crippen LogP contribution in [0.3, 0.4) is 0 Å². The van der Waals surface area contributed by atoms with Crippen molar-refractivity contribution in [2.75, 3.05) is 6.61 Å². The van der Waals surface area contributed by atoms with E-state index in [9.17, 15) is 24.0 Å². The molecule has 0 aliphatic carbocycles. The third kappa shape index (κ3) is 15.8. The number of nitrogens with one attached hydrogen (secondary N) is 2. The molecule has 2 amide bonds. The molecule has 0 fully saturated rings. The molecule has 0 rings (SSSR count). The summed E-state index contributed by atoms with van der Waals surface area (Å²) in [6, 6.07) is -2.69. The predicted octanol–water partition coefficient (Wildman–Crippen LogP) is 0.883. The third-order valence-electron chi connectivity index (χ3n) is 4.62. The Morgan fingerprint density at radius 2 is 1.10 bits per heavy atom. The van der Waals surface area contributed by atoms with Gasteiger partial charge in [0.25, 0.3) is 0 Å². The number of hydrogen-bond acceptors (Lipinski definition) is 6. The number of amides is 2. The molecule has 0 spiro atoms. The summed E-state index contributed by atoms with van der Waals surface area (Å²) < 4.78 is 0. The van der Waals surface area contributed by atoms with Crippen LogP contribution in [-0.2, 0) is 24.0 Å². The molecule has 0 aliphatic rings. The van der Waals surface area contributed by atoms with Gasteiger partial charge in [0.05, 0.1) is 0 Å². The second-order valence-corrected chi connectivity index (χ2v) is 7.33. The number of aliphatic hydroxyl groups excluding tert-OH is 1. The van der Waals surface area contributed by atoms with E-state index in [4.69, 9.17) is 20.4 Å². The van der Waals surface area contributed by atoms with E-state index in [1.165, 1.54) is 0 Å². The Labute approximate surface area is 181 Å². The van der Waals surface area contributed by atoms with E-state index in [0.717, 1.165) is 38.5 Å². The lowest BCUT2D eigenvalue weighted by molar-refractivity contribution is -0.144. The maximum atomic E-state index is 12.4. The molecule has 0 bridgehead atoms. The molecule has 11 nitrogen and oxygen atoms in total. The summed E-state index contributed by atoms with van der Waals surface area (Å²) in [5, 5.41) is 40.0. The van der Waals surface area contributed by atoms with Crippen LogP contribution in [0.1, 0.15) is 77.0 Å². The van der Waals surface area contributed by atoms with Crippen molar-refractivity contribution >= 4 is 29.7 Å². The van der Waals surface area contributed by atoms with Gasteiger partial charge >= 0.3 is 17.9 Å². The van der Waals surface area contributed by atoms with Gasteiger partial charge in [-0.3, -0.25) is 19.2 Å². The monoisotopic (exact) mass is 446 g/mol. The zero-order valence-corrected chi connectivity index (χ0v) is 17.7. The van der Waals surface area contributed by atoms with E-state index in [2.05, 4.69) is 10.6 Å². The largest absolute Gasteiger partial charge is 0.481 e. The minimum absolute atomic E-state index is 0.148. The predicted molar refractivity (Wildman–Crippen MR) is 109 cm³/mol. The van der Waals surface area contributed by atoms with Crippen LogP contribution < -0.4 is 10.6 Å². The fourth-order valence-corrected chi connectivity index (χ4v) is 2.88. The highest BCUT2D eigenvalue weighted by molar-refractivity contribution is 5.90. The van der Waals surface area contributed by atoms with Gasteiger partial charge in [-0.05, 0) is 25.7 Å². The molecular formula is C20H34N2O9. The van der Waals surface area contributed by atoms with Crippen LogP contribution in [-0.4, -0.2) is 68.8 Å². The summed E-state index contributed by atoms with van der Waals surface area (Å²) in [7, 11) is 0. The van der Waals surface area contributed by atoms with Crippen molar-refractivity contribution in [1.29, 1.82) is 0 Å². The lowest BCUT2D eigenvalue weighted by Crippen LogP contribution is -2.51. The SMILES string of the molecule is O=C(O)CC[C@H](NC(=O)[C@H](CCC(=O)O)NC(=O)CCCCCCCCCO)C(=O)O. The standard InChI is InChI=1S/C20H34N2O9/c23-13-7-5-3-1-2-4-6-8-16(24)21-14(9-11-17(25)26)19(29)22-15(20(30)31)10-12-18(27)28/h14-15,23H,1-13H2,(H,21,24)(H,22,29)(H,25,26)(H,27,28)(H,30,31)/t14-,15-/m0/s1. The first-order valence-electron chi connectivity index (χ1n) is 10.5. The first kappa shape index (κ1) is 28.3. The highest BCUT2D eigenvalue weighted by Crippen LogP contribution is 2.09. The second kappa shape index (κ2) is 17.0. The van der Waals surface area contributed by atoms with Gasteiger partial charge in [0.1, 0.15) is 12.1 Å². The molecule has 0 aromatic carbocycles. The number of aliphatic carboxylic acids is 3. The fourth-order valence-electron chi connectivity index (χ4n) is 2.88. The van der Waals surface area contributed by atoms with Gasteiger partial charge in [-0.1, -0.05) is 32.1 Å². The van der Waals surface area contributed by atoms with Gasteiger partial charge in [0, 0.05) is 25.9 Å². The van der Waals surface area contributed by atoms with Crippen molar-refractivity contribution in [2.24, 2.45) is 0 Å². The highest BCUT2D eigenvalue weighted by Gasteiger charge is 2.27. The highest BCUT2D eigenvalue weighted by atomic mass is 16.4. The van der Waals surface area contributed by atoms with Crippen molar-refractivity contribution in [3.05, 3.63) is 0 Å².